The highest BCUT2D eigenvalue weighted by molar-refractivity contribution is 6.01. The van der Waals surface area contributed by atoms with E-state index in [1.807, 2.05) is 45.0 Å². The Morgan fingerprint density at radius 3 is 2.67 bits per heavy atom. The van der Waals surface area contributed by atoms with Crippen LogP contribution in [0.2, 0.25) is 0 Å². The quantitative estimate of drug-likeness (QED) is 0.779. The van der Waals surface area contributed by atoms with Crippen molar-refractivity contribution >= 4 is 11.9 Å². The molecular weight excluding hydrogens is 306 g/mol. The molecule has 1 N–H and O–H groups in total. The Morgan fingerprint density at radius 1 is 1.21 bits per heavy atom. The Morgan fingerprint density at radius 2 is 1.96 bits per heavy atom. The van der Waals surface area contributed by atoms with Gasteiger partial charge in [-0.05, 0) is 32.4 Å². The van der Waals surface area contributed by atoms with E-state index < -0.39 is 0 Å². The summed E-state index contributed by atoms with van der Waals surface area (Å²) in [6, 6.07) is 9.90. The molecule has 3 aromatic rings. The average Bonchev–Trinajstić information content (AvgIpc) is 3.15. The maximum atomic E-state index is 12.3. The molecule has 0 fully saturated rings. The van der Waals surface area contributed by atoms with Crippen LogP contribution in [-0.2, 0) is 13.0 Å². The van der Waals surface area contributed by atoms with Crippen LogP contribution in [0.5, 0.6) is 0 Å². The molecule has 0 aliphatic rings. The molecule has 3 rings (SSSR count). The molecule has 0 aliphatic carbocycles. The summed E-state index contributed by atoms with van der Waals surface area (Å²) in [5, 5.41) is 14.7. The monoisotopic (exact) mass is 325 g/mol. The maximum Gasteiger partial charge on any atom is 0.322 e. The van der Waals surface area contributed by atoms with Crippen molar-refractivity contribution in [3.05, 3.63) is 58.7 Å². The number of carbonyl (C=O) groups excluding carboxylic acids is 1. The normalized spacial score (nSPS) is 10.8. The van der Waals surface area contributed by atoms with Crippen molar-refractivity contribution in [2.45, 2.75) is 33.7 Å². The van der Waals surface area contributed by atoms with Crippen LogP contribution in [-0.4, -0.2) is 25.9 Å². The number of rotatable bonds is 5. The summed E-state index contributed by atoms with van der Waals surface area (Å²) >= 11 is 0. The molecular formula is C17H19N5O2. The number of aromatic nitrogens is 4. The second kappa shape index (κ2) is 6.66. The average molecular weight is 325 g/mol. The van der Waals surface area contributed by atoms with E-state index in [9.17, 15) is 4.79 Å². The van der Waals surface area contributed by atoms with Crippen molar-refractivity contribution in [2.75, 3.05) is 5.32 Å². The van der Waals surface area contributed by atoms with Crippen LogP contribution in [0.1, 0.15) is 40.1 Å². The Bertz CT molecular complexity index is 848. The van der Waals surface area contributed by atoms with E-state index >= 15 is 0 Å². The number of aryl methyl sites for hydroxylation is 3. The van der Waals surface area contributed by atoms with Gasteiger partial charge in [0.25, 0.3) is 5.91 Å². The molecule has 0 aliphatic heterocycles. The van der Waals surface area contributed by atoms with Gasteiger partial charge in [0.15, 0.2) is 0 Å². The van der Waals surface area contributed by atoms with Crippen LogP contribution >= 0.6 is 0 Å². The lowest BCUT2D eigenvalue weighted by Gasteiger charge is -2.02. The number of nitrogens with zero attached hydrogens (tertiary/aromatic N) is 4. The number of anilines is 1. The van der Waals surface area contributed by atoms with E-state index in [-0.39, 0.29) is 11.9 Å². The van der Waals surface area contributed by atoms with Gasteiger partial charge in [0.2, 0.25) is 5.89 Å². The van der Waals surface area contributed by atoms with Crippen molar-refractivity contribution < 1.29 is 9.21 Å². The smallest absolute Gasteiger partial charge is 0.322 e. The molecule has 0 unspecified atom stereocenters. The van der Waals surface area contributed by atoms with Crippen LogP contribution in [0.25, 0.3) is 0 Å². The SMILES string of the molecule is CCn1nc(C)cc1C(=O)Nc1nnc(Cc2ccc(C)cc2)o1. The fourth-order valence-corrected chi connectivity index (χ4v) is 2.39. The van der Waals surface area contributed by atoms with Gasteiger partial charge in [-0.25, -0.2) is 0 Å². The zero-order valence-electron chi connectivity index (χ0n) is 13.9. The van der Waals surface area contributed by atoms with E-state index in [0.29, 0.717) is 24.6 Å². The largest absolute Gasteiger partial charge is 0.407 e. The Kier molecular flexibility index (Phi) is 4.41. The second-order valence-corrected chi connectivity index (χ2v) is 5.60. The van der Waals surface area contributed by atoms with Crippen LogP contribution in [0.15, 0.2) is 34.7 Å². The van der Waals surface area contributed by atoms with E-state index in [1.165, 1.54) is 5.56 Å². The van der Waals surface area contributed by atoms with Crippen molar-refractivity contribution in [1.29, 1.82) is 0 Å². The third-order valence-corrected chi connectivity index (χ3v) is 3.60. The lowest BCUT2D eigenvalue weighted by molar-refractivity contribution is 0.101. The van der Waals surface area contributed by atoms with Gasteiger partial charge in [0, 0.05) is 6.54 Å². The fraction of sp³-hybridized carbons (Fsp3) is 0.294. The van der Waals surface area contributed by atoms with Gasteiger partial charge in [-0.1, -0.05) is 34.9 Å². The molecule has 0 atom stereocenters. The molecule has 0 spiro atoms. The number of nitrogens with one attached hydrogen (secondary N) is 1. The standard InChI is InChI=1S/C17H19N5O2/c1-4-22-14(9-12(3)21-22)16(23)18-17-20-19-15(24-17)10-13-7-5-11(2)6-8-13/h5-9H,4,10H2,1-3H3,(H,18,20,23). The molecule has 24 heavy (non-hydrogen) atoms. The van der Waals surface area contributed by atoms with Crippen LogP contribution in [0.4, 0.5) is 6.01 Å². The fourth-order valence-electron chi connectivity index (χ4n) is 2.39. The molecule has 124 valence electrons. The summed E-state index contributed by atoms with van der Waals surface area (Å²) in [4.78, 5) is 12.3. The number of benzene rings is 1. The van der Waals surface area contributed by atoms with Gasteiger partial charge in [-0.2, -0.15) is 5.10 Å². The summed E-state index contributed by atoms with van der Waals surface area (Å²) in [5.74, 6) is 0.136. The van der Waals surface area contributed by atoms with Gasteiger partial charge in [0.05, 0.1) is 12.1 Å². The zero-order valence-corrected chi connectivity index (χ0v) is 13.9. The predicted octanol–water partition coefficient (Wildman–Crippen LogP) is 2.75. The predicted molar refractivity (Wildman–Crippen MR) is 88.9 cm³/mol. The minimum atomic E-state index is -0.317. The molecule has 1 aromatic carbocycles. The zero-order chi connectivity index (χ0) is 17.1. The van der Waals surface area contributed by atoms with Gasteiger partial charge < -0.3 is 4.42 Å². The van der Waals surface area contributed by atoms with Gasteiger partial charge in [-0.15, -0.1) is 5.10 Å². The van der Waals surface area contributed by atoms with Gasteiger partial charge >= 0.3 is 6.01 Å². The van der Waals surface area contributed by atoms with Crippen molar-refractivity contribution in [3.63, 3.8) is 0 Å². The molecule has 2 aromatic heterocycles. The van der Waals surface area contributed by atoms with E-state index in [2.05, 4.69) is 20.6 Å². The first-order valence-corrected chi connectivity index (χ1v) is 7.79. The molecule has 7 nitrogen and oxygen atoms in total. The molecule has 1 amide bonds. The topological polar surface area (TPSA) is 85.8 Å². The summed E-state index contributed by atoms with van der Waals surface area (Å²) in [5.41, 5.74) is 3.52. The molecule has 2 heterocycles. The highest BCUT2D eigenvalue weighted by atomic mass is 16.4. The van der Waals surface area contributed by atoms with Crippen molar-refractivity contribution in [3.8, 4) is 0 Å². The van der Waals surface area contributed by atoms with Gasteiger partial charge in [-0.3, -0.25) is 14.8 Å². The maximum absolute atomic E-state index is 12.3. The van der Waals surface area contributed by atoms with E-state index in [0.717, 1.165) is 11.3 Å². The number of carbonyl (C=O) groups is 1. The molecule has 0 bridgehead atoms. The first-order valence-electron chi connectivity index (χ1n) is 7.79. The lowest BCUT2D eigenvalue weighted by Crippen LogP contribution is -2.17. The molecule has 0 saturated carbocycles. The van der Waals surface area contributed by atoms with E-state index in [1.54, 1.807) is 10.7 Å². The molecule has 0 radical (unpaired) electrons. The first-order chi connectivity index (χ1) is 11.5. The minimum absolute atomic E-state index is 0.0867. The summed E-state index contributed by atoms with van der Waals surface area (Å²) in [6.45, 7) is 6.41. The van der Waals surface area contributed by atoms with Gasteiger partial charge in [0.1, 0.15) is 5.69 Å². The lowest BCUT2D eigenvalue weighted by atomic mass is 10.1. The highest BCUT2D eigenvalue weighted by Gasteiger charge is 2.16. The Labute approximate surface area is 139 Å². The van der Waals surface area contributed by atoms with Crippen molar-refractivity contribution in [1.82, 2.24) is 20.0 Å². The highest BCUT2D eigenvalue weighted by Crippen LogP contribution is 2.13. The van der Waals surface area contributed by atoms with E-state index in [4.69, 9.17) is 4.42 Å². The number of hydrogen-bond donors (Lipinski definition) is 1. The van der Waals surface area contributed by atoms with Crippen molar-refractivity contribution in [2.24, 2.45) is 0 Å². The third kappa shape index (κ3) is 3.51. The van der Waals surface area contributed by atoms with Crippen LogP contribution < -0.4 is 5.32 Å². The van der Waals surface area contributed by atoms with Crippen LogP contribution in [0.3, 0.4) is 0 Å². The third-order valence-electron chi connectivity index (χ3n) is 3.60. The molecule has 7 heteroatoms. The summed E-state index contributed by atoms with van der Waals surface area (Å²) in [7, 11) is 0. The summed E-state index contributed by atoms with van der Waals surface area (Å²) < 4.78 is 7.14. The number of amides is 1. The Balaban J connectivity index is 1.69. The molecule has 0 saturated heterocycles. The summed E-state index contributed by atoms with van der Waals surface area (Å²) in [6.07, 6.45) is 0.523. The second-order valence-electron chi connectivity index (χ2n) is 5.60. The Hall–Kier alpha value is -2.96. The minimum Gasteiger partial charge on any atom is -0.407 e. The van der Waals surface area contributed by atoms with Crippen LogP contribution in [0, 0.1) is 13.8 Å². The first kappa shape index (κ1) is 15.9. The number of hydrogen-bond acceptors (Lipinski definition) is 5.